The van der Waals surface area contributed by atoms with Gasteiger partial charge in [-0.2, -0.15) is 0 Å². The molecule has 2 atom stereocenters. The molecule has 1 saturated carbocycles. The minimum atomic E-state index is -0.393. The molecule has 48 heavy (non-hydrogen) atoms. The maximum absolute atomic E-state index is 2.70. The fraction of sp³-hybridized carbons (Fsp3) is 0.234. The molecule has 2 aliphatic carbocycles. The van der Waals surface area contributed by atoms with E-state index in [-0.39, 0.29) is 11.0 Å². The molecule has 2 unspecified atom stereocenters. The van der Waals surface area contributed by atoms with E-state index in [2.05, 4.69) is 170 Å². The van der Waals surface area contributed by atoms with Crippen molar-refractivity contribution in [3.8, 4) is 22.3 Å². The van der Waals surface area contributed by atoms with Crippen LogP contribution in [0.2, 0.25) is 0 Å². The quantitative estimate of drug-likeness (QED) is 0.189. The van der Waals surface area contributed by atoms with Gasteiger partial charge in [-0.15, -0.1) is 0 Å². The second kappa shape index (κ2) is 11.1. The number of nitrogens with zero attached hydrogens (tertiary/aromatic N) is 1. The molecule has 0 aromatic heterocycles. The summed E-state index contributed by atoms with van der Waals surface area (Å²) < 4.78 is 0. The molecule has 1 heteroatoms. The topological polar surface area (TPSA) is 3.24 Å². The third kappa shape index (κ3) is 4.03. The Morgan fingerprint density at radius 1 is 0.458 bits per heavy atom. The maximum Gasteiger partial charge on any atom is 0.0713 e. The number of benzene rings is 6. The van der Waals surface area contributed by atoms with Crippen LogP contribution in [0.25, 0.3) is 22.3 Å². The van der Waals surface area contributed by atoms with Gasteiger partial charge in [0.2, 0.25) is 0 Å². The van der Waals surface area contributed by atoms with Gasteiger partial charge < -0.3 is 4.90 Å². The Bertz CT molecular complexity index is 2070. The van der Waals surface area contributed by atoms with Crippen molar-refractivity contribution in [2.75, 3.05) is 4.90 Å². The summed E-state index contributed by atoms with van der Waals surface area (Å²) in [5.74, 6) is 0. The van der Waals surface area contributed by atoms with Crippen LogP contribution in [0.1, 0.15) is 80.2 Å². The highest BCUT2D eigenvalue weighted by Crippen LogP contribution is 2.61. The molecule has 0 radical (unpaired) electrons. The zero-order valence-corrected chi connectivity index (χ0v) is 28.1. The summed E-state index contributed by atoms with van der Waals surface area (Å²) in [6, 6.07) is 57.1. The fourth-order valence-electron chi connectivity index (χ4n) is 9.87. The molecule has 6 aromatic rings. The molecule has 0 spiro atoms. The van der Waals surface area contributed by atoms with Crippen molar-refractivity contribution in [2.45, 2.75) is 68.7 Å². The number of rotatable bonds is 4. The zero-order valence-electron chi connectivity index (χ0n) is 28.1. The predicted molar refractivity (Wildman–Crippen MR) is 201 cm³/mol. The van der Waals surface area contributed by atoms with E-state index in [1.54, 1.807) is 0 Å². The van der Waals surface area contributed by atoms with E-state index in [4.69, 9.17) is 0 Å². The zero-order chi connectivity index (χ0) is 32.3. The first kappa shape index (κ1) is 29.3. The van der Waals surface area contributed by atoms with Crippen molar-refractivity contribution in [1.82, 2.24) is 0 Å². The van der Waals surface area contributed by atoms with Gasteiger partial charge in [0.15, 0.2) is 0 Å². The lowest BCUT2D eigenvalue weighted by Gasteiger charge is -2.48. The molecule has 1 fully saturated rings. The Morgan fingerprint density at radius 3 is 1.69 bits per heavy atom. The van der Waals surface area contributed by atoms with Crippen LogP contribution in [0, 0.1) is 0 Å². The molecule has 1 heterocycles. The minimum Gasteiger partial charge on any atom is -0.334 e. The highest BCUT2D eigenvalue weighted by Gasteiger charge is 2.56. The standard InChI is InChI=1S/C47H43N/c1-45-30-16-3-4-17-31-46(45,2)48(38-22-12-7-13-23-38)44-29-27-35(33-43(44)45)34-26-28-40-39-24-14-15-25-41(39)47(42(40)32-34,36-18-8-5-9-19-36)37-20-10-6-11-21-37/h5-15,18-29,32-33H,3-4,16-17,30-31H2,1-2H3. The summed E-state index contributed by atoms with van der Waals surface area (Å²) in [6.45, 7) is 5.12. The molecule has 0 N–H and O–H groups in total. The van der Waals surface area contributed by atoms with Crippen molar-refractivity contribution in [3.63, 3.8) is 0 Å². The minimum absolute atomic E-state index is 0.0189. The first-order valence-electron chi connectivity index (χ1n) is 17.9. The Balaban J connectivity index is 1.26. The first-order valence-corrected chi connectivity index (χ1v) is 17.9. The predicted octanol–water partition coefficient (Wildman–Crippen LogP) is 12.2. The second-order valence-corrected chi connectivity index (χ2v) is 14.7. The summed E-state index contributed by atoms with van der Waals surface area (Å²) in [4.78, 5) is 2.70. The van der Waals surface area contributed by atoms with Crippen LogP contribution in [0.3, 0.4) is 0 Å². The van der Waals surface area contributed by atoms with Gasteiger partial charge in [0.25, 0.3) is 0 Å². The number of hydrogen-bond acceptors (Lipinski definition) is 1. The Labute approximate surface area is 285 Å². The fourth-order valence-corrected chi connectivity index (χ4v) is 9.87. The second-order valence-electron chi connectivity index (χ2n) is 14.7. The summed E-state index contributed by atoms with van der Waals surface area (Å²) >= 11 is 0. The van der Waals surface area contributed by atoms with Gasteiger partial charge in [-0.3, -0.25) is 0 Å². The number of para-hydroxylation sites is 1. The lowest BCUT2D eigenvalue weighted by atomic mass is 9.63. The molecular weight excluding hydrogens is 579 g/mol. The van der Waals surface area contributed by atoms with Crippen LogP contribution >= 0.6 is 0 Å². The van der Waals surface area contributed by atoms with Crippen LogP contribution in [-0.2, 0) is 10.8 Å². The Kier molecular flexibility index (Phi) is 6.77. The highest BCUT2D eigenvalue weighted by atomic mass is 15.2. The van der Waals surface area contributed by atoms with Crippen molar-refractivity contribution < 1.29 is 0 Å². The van der Waals surface area contributed by atoms with Gasteiger partial charge in [0.05, 0.1) is 11.0 Å². The maximum atomic E-state index is 2.70. The largest absolute Gasteiger partial charge is 0.334 e. The lowest BCUT2D eigenvalue weighted by Crippen LogP contribution is -2.53. The first-order chi connectivity index (χ1) is 23.6. The van der Waals surface area contributed by atoms with Gasteiger partial charge in [0.1, 0.15) is 0 Å². The van der Waals surface area contributed by atoms with Crippen LogP contribution in [-0.4, -0.2) is 5.54 Å². The Morgan fingerprint density at radius 2 is 1.00 bits per heavy atom. The summed E-state index contributed by atoms with van der Waals surface area (Å²) in [6.07, 6.45) is 7.65. The van der Waals surface area contributed by atoms with Gasteiger partial charge in [0, 0.05) is 16.8 Å². The van der Waals surface area contributed by atoms with Crippen molar-refractivity contribution in [2.24, 2.45) is 0 Å². The highest BCUT2D eigenvalue weighted by molar-refractivity contribution is 5.89. The van der Waals surface area contributed by atoms with E-state index in [9.17, 15) is 0 Å². The number of fused-ring (bicyclic) bond motifs is 6. The average molecular weight is 622 g/mol. The Hall–Kier alpha value is -4.88. The molecule has 9 rings (SSSR count). The smallest absolute Gasteiger partial charge is 0.0713 e. The van der Waals surface area contributed by atoms with Crippen molar-refractivity contribution >= 4 is 11.4 Å². The molecule has 0 bridgehead atoms. The van der Waals surface area contributed by atoms with E-state index in [0.717, 1.165) is 0 Å². The molecule has 6 aromatic carbocycles. The van der Waals surface area contributed by atoms with E-state index in [1.165, 1.54) is 100.0 Å². The number of hydrogen-bond donors (Lipinski definition) is 0. The third-order valence-corrected chi connectivity index (χ3v) is 12.4. The molecule has 1 nitrogen and oxygen atoms in total. The molecule has 3 aliphatic rings. The monoisotopic (exact) mass is 621 g/mol. The average Bonchev–Trinajstić information content (AvgIpc) is 3.53. The van der Waals surface area contributed by atoms with Crippen LogP contribution in [0.15, 0.2) is 152 Å². The SMILES string of the molecule is CC12CCCCCCC1(C)N(c1ccccc1)c1ccc(-c3ccc4c(c3)C(c3ccccc3)(c3ccccc3)c3ccccc3-4)cc12. The molecule has 1 aliphatic heterocycles. The summed E-state index contributed by atoms with van der Waals surface area (Å²) in [7, 11) is 0. The van der Waals surface area contributed by atoms with Gasteiger partial charge in [-0.1, -0.05) is 154 Å². The van der Waals surface area contributed by atoms with E-state index < -0.39 is 5.41 Å². The van der Waals surface area contributed by atoms with Crippen LogP contribution in [0.4, 0.5) is 11.4 Å². The van der Waals surface area contributed by atoms with Crippen LogP contribution < -0.4 is 4.90 Å². The normalized spacial score (nSPS) is 22.2. The molecular formula is C47H43N. The molecule has 0 amide bonds. The third-order valence-electron chi connectivity index (χ3n) is 12.4. The van der Waals surface area contributed by atoms with Crippen LogP contribution in [0.5, 0.6) is 0 Å². The summed E-state index contributed by atoms with van der Waals surface area (Å²) in [5.41, 5.74) is 14.5. The lowest BCUT2D eigenvalue weighted by molar-refractivity contribution is 0.218. The van der Waals surface area contributed by atoms with E-state index in [0.29, 0.717) is 0 Å². The summed E-state index contributed by atoms with van der Waals surface area (Å²) in [5, 5.41) is 0. The van der Waals surface area contributed by atoms with E-state index >= 15 is 0 Å². The van der Waals surface area contributed by atoms with Gasteiger partial charge in [-0.25, -0.2) is 0 Å². The van der Waals surface area contributed by atoms with Crippen molar-refractivity contribution in [3.05, 3.63) is 179 Å². The van der Waals surface area contributed by atoms with E-state index in [1.807, 2.05) is 0 Å². The van der Waals surface area contributed by atoms with Gasteiger partial charge in [-0.05, 0) is 100 Å². The van der Waals surface area contributed by atoms with Crippen molar-refractivity contribution in [1.29, 1.82) is 0 Å². The molecule has 236 valence electrons. The van der Waals surface area contributed by atoms with Gasteiger partial charge >= 0.3 is 0 Å². The number of anilines is 2. The molecule has 0 saturated heterocycles.